The van der Waals surface area contributed by atoms with Crippen LogP contribution >= 0.6 is 11.8 Å². The summed E-state index contributed by atoms with van der Waals surface area (Å²) in [6, 6.07) is 0.306. The number of esters is 1. The molecule has 0 aromatic heterocycles. The molecule has 4 heteroatoms. The predicted molar refractivity (Wildman–Crippen MR) is 59.6 cm³/mol. The molecule has 0 aromatic rings. The second-order valence-corrected chi connectivity index (χ2v) is 5.63. The average Bonchev–Trinajstić information content (AvgIpc) is 2.46. The smallest absolute Gasteiger partial charge is 0.326 e. The Bertz CT molecular complexity index is 220. The molecule has 1 aliphatic rings. The van der Waals surface area contributed by atoms with Crippen LogP contribution < -0.4 is 5.32 Å². The molecule has 1 rings (SSSR count). The Morgan fingerprint density at radius 2 is 2.29 bits per heavy atom. The molecule has 1 saturated heterocycles. The first kappa shape index (κ1) is 11.9. The number of thioether (sulfide) groups is 1. The lowest BCUT2D eigenvalue weighted by atomic mass is 9.95. The van der Waals surface area contributed by atoms with Gasteiger partial charge in [-0.3, -0.25) is 10.1 Å². The third-order valence-electron chi connectivity index (χ3n) is 2.39. The highest BCUT2D eigenvalue weighted by Gasteiger charge is 2.45. The highest BCUT2D eigenvalue weighted by Crippen LogP contribution is 2.35. The number of hydrogen-bond donors (Lipinski definition) is 1. The molecule has 0 bridgehead atoms. The van der Waals surface area contributed by atoms with Crippen molar-refractivity contribution in [2.24, 2.45) is 0 Å². The fourth-order valence-electron chi connectivity index (χ4n) is 1.94. The van der Waals surface area contributed by atoms with E-state index >= 15 is 0 Å². The lowest BCUT2D eigenvalue weighted by Gasteiger charge is -2.29. The van der Waals surface area contributed by atoms with Gasteiger partial charge in [-0.05, 0) is 20.3 Å². The van der Waals surface area contributed by atoms with E-state index < -0.39 is 5.54 Å². The summed E-state index contributed by atoms with van der Waals surface area (Å²) in [7, 11) is 1.46. The van der Waals surface area contributed by atoms with Crippen LogP contribution in [0, 0.1) is 0 Å². The molecule has 0 aromatic carbocycles. The average molecular weight is 217 g/mol. The molecule has 0 saturated carbocycles. The number of carbonyl (C=O) groups is 1. The van der Waals surface area contributed by atoms with Crippen molar-refractivity contribution >= 4 is 17.7 Å². The molecule has 0 spiro atoms. The zero-order chi connectivity index (χ0) is 10.8. The van der Waals surface area contributed by atoms with Gasteiger partial charge in [-0.2, -0.15) is 11.8 Å². The normalized spacial score (nSPS) is 32.2. The number of rotatable bonds is 3. The lowest BCUT2D eigenvalue weighted by Crippen LogP contribution is -2.55. The van der Waals surface area contributed by atoms with Crippen molar-refractivity contribution < 1.29 is 9.53 Å². The van der Waals surface area contributed by atoms with Gasteiger partial charge in [-0.15, -0.1) is 0 Å². The van der Waals surface area contributed by atoms with Crippen LogP contribution in [0.3, 0.4) is 0 Å². The fraction of sp³-hybridized carbons (Fsp3) is 0.900. The van der Waals surface area contributed by atoms with Crippen LogP contribution in [-0.2, 0) is 9.53 Å². The van der Waals surface area contributed by atoms with Crippen LogP contribution in [0.4, 0.5) is 0 Å². The largest absolute Gasteiger partial charge is 0.468 e. The summed E-state index contributed by atoms with van der Waals surface area (Å²) in [6.07, 6.45) is 0.864. The Morgan fingerprint density at radius 3 is 2.64 bits per heavy atom. The Hall–Kier alpha value is -0.220. The third-order valence-corrected chi connectivity index (χ3v) is 3.79. The minimum Gasteiger partial charge on any atom is -0.468 e. The molecule has 0 radical (unpaired) electrons. The Kier molecular flexibility index (Phi) is 3.84. The van der Waals surface area contributed by atoms with Crippen molar-refractivity contribution in [1.82, 2.24) is 5.32 Å². The van der Waals surface area contributed by atoms with Crippen molar-refractivity contribution in [3.05, 3.63) is 0 Å². The van der Waals surface area contributed by atoms with Gasteiger partial charge in [0.25, 0.3) is 0 Å². The van der Waals surface area contributed by atoms with Gasteiger partial charge >= 0.3 is 5.97 Å². The van der Waals surface area contributed by atoms with Gasteiger partial charge < -0.3 is 4.74 Å². The highest BCUT2D eigenvalue weighted by molar-refractivity contribution is 8.00. The molecule has 1 aliphatic heterocycles. The first-order valence-corrected chi connectivity index (χ1v) is 6.03. The van der Waals surface area contributed by atoms with Gasteiger partial charge in [0.05, 0.1) is 7.11 Å². The van der Waals surface area contributed by atoms with Crippen LogP contribution in [0.25, 0.3) is 0 Å². The summed E-state index contributed by atoms with van der Waals surface area (Å²) in [6.45, 7) is 6.26. The summed E-state index contributed by atoms with van der Waals surface area (Å²) in [5, 5.41) is 3.87. The van der Waals surface area contributed by atoms with Crippen molar-refractivity contribution in [1.29, 1.82) is 0 Å². The van der Waals surface area contributed by atoms with E-state index in [9.17, 15) is 4.79 Å². The zero-order valence-corrected chi connectivity index (χ0v) is 10.1. The molecule has 0 aliphatic carbocycles. The van der Waals surface area contributed by atoms with E-state index in [1.807, 2.05) is 11.8 Å². The molecule has 0 amide bonds. The van der Waals surface area contributed by atoms with E-state index in [0.717, 1.165) is 12.2 Å². The second-order valence-electron chi connectivity index (χ2n) is 4.20. The first-order valence-electron chi connectivity index (χ1n) is 4.98. The second kappa shape index (κ2) is 4.53. The van der Waals surface area contributed by atoms with Crippen LogP contribution in [0.2, 0.25) is 0 Å². The van der Waals surface area contributed by atoms with Crippen molar-refractivity contribution in [3.8, 4) is 0 Å². The van der Waals surface area contributed by atoms with Crippen molar-refractivity contribution in [2.45, 2.75) is 44.0 Å². The van der Waals surface area contributed by atoms with Gasteiger partial charge in [0, 0.05) is 17.0 Å². The molecule has 2 atom stereocenters. The molecular formula is C10H19NO2S. The third kappa shape index (κ3) is 2.42. The number of methoxy groups -OCH3 is 1. The Balaban J connectivity index is 2.75. The lowest BCUT2D eigenvalue weighted by molar-refractivity contribution is -0.148. The van der Waals surface area contributed by atoms with Gasteiger partial charge in [0.2, 0.25) is 0 Å². The minimum absolute atomic E-state index is 0.122. The quantitative estimate of drug-likeness (QED) is 0.726. The zero-order valence-electron chi connectivity index (χ0n) is 9.29. The molecule has 1 fully saturated rings. The maximum absolute atomic E-state index is 11.7. The van der Waals surface area contributed by atoms with Gasteiger partial charge in [-0.25, -0.2) is 0 Å². The predicted octanol–water partition coefficient (Wildman–Crippen LogP) is 1.42. The number of ether oxygens (including phenoxy) is 1. The van der Waals surface area contributed by atoms with E-state index in [4.69, 9.17) is 4.74 Å². The van der Waals surface area contributed by atoms with Crippen molar-refractivity contribution in [2.75, 3.05) is 12.9 Å². The van der Waals surface area contributed by atoms with E-state index in [0.29, 0.717) is 11.3 Å². The first-order chi connectivity index (χ1) is 6.50. The highest BCUT2D eigenvalue weighted by atomic mass is 32.2. The number of hydrogen-bond acceptors (Lipinski definition) is 4. The topological polar surface area (TPSA) is 38.3 Å². The molecule has 82 valence electrons. The molecular weight excluding hydrogens is 198 g/mol. The summed E-state index contributed by atoms with van der Waals surface area (Å²) in [4.78, 5) is 11.7. The molecule has 2 unspecified atom stereocenters. The van der Waals surface area contributed by atoms with Crippen LogP contribution in [0.15, 0.2) is 0 Å². The van der Waals surface area contributed by atoms with Gasteiger partial charge in [0.15, 0.2) is 0 Å². The van der Waals surface area contributed by atoms with Gasteiger partial charge in [-0.1, -0.05) is 6.92 Å². The molecule has 3 nitrogen and oxygen atoms in total. The van der Waals surface area contributed by atoms with E-state index in [1.54, 1.807) is 0 Å². The maximum atomic E-state index is 11.7. The number of carbonyl (C=O) groups excluding carboxylic acids is 1. The SMILES string of the molecule is COC(=O)C1(NC(C)C)CSC(C)C1. The summed E-state index contributed by atoms with van der Waals surface area (Å²) in [5.74, 6) is 0.696. The molecule has 1 N–H and O–H groups in total. The van der Waals surface area contributed by atoms with E-state index in [1.165, 1.54) is 7.11 Å². The maximum Gasteiger partial charge on any atom is 0.326 e. The Labute approximate surface area is 90.0 Å². The molecule has 14 heavy (non-hydrogen) atoms. The number of nitrogens with one attached hydrogen (secondary N) is 1. The van der Waals surface area contributed by atoms with Crippen LogP contribution in [0.5, 0.6) is 0 Å². The standard InChI is InChI=1S/C10H19NO2S/c1-7(2)11-10(9(12)13-4)5-8(3)14-6-10/h7-8,11H,5-6H2,1-4H3. The fourth-order valence-corrected chi connectivity index (χ4v) is 3.23. The van der Waals surface area contributed by atoms with Gasteiger partial charge in [0.1, 0.15) is 5.54 Å². The minimum atomic E-state index is -0.451. The Morgan fingerprint density at radius 1 is 1.64 bits per heavy atom. The van der Waals surface area contributed by atoms with E-state index in [-0.39, 0.29) is 5.97 Å². The summed E-state index contributed by atoms with van der Waals surface area (Å²) >= 11 is 1.83. The van der Waals surface area contributed by atoms with Crippen molar-refractivity contribution in [3.63, 3.8) is 0 Å². The monoisotopic (exact) mass is 217 g/mol. The van der Waals surface area contributed by atoms with E-state index in [2.05, 4.69) is 26.1 Å². The molecule has 1 heterocycles. The van der Waals surface area contributed by atoms with Crippen LogP contribution in [0.1, 0.15) is 27.2 Å². The summed E-state index contributed by atoms with van der Waals surface area (Å²) < 4.78 is 4.87. The van der Waals surface area contributed by atoms with Crippen LogP contribution in [-0.4, -0.2) is 35.7 Å². The summed E-state index contributed by atoms with van der Waals surface area (Å²) in [5.41, 5.74) is -0.451.